The van der Waals surface area contributed by atoms with Gasteiger partial charge in [-0.15, -0.1) is 0 Å². The zero-order valence-corrected chi connectivity index (χ0v) is 13.8. The molecule has 0 saturated heterocycles. The summed E-state index contributed by atoms with van der Waals surface area (Å²) in [5.41, 5.74) is 0.354. The number of amides is 1. The lowest BCUT2D eigenvalue weighted by Gasteiger charge is -2.15. The summed E-state index contributed by atoms with van der Waals surface area (Å²) in [5.74, 6) is 0.156. The Labute approximate surface area is 142 Å². The van der Waals surface area contributed by atoms with Crippen LogP contribution in [0.2, 0.25) is 0 Å². The summed E-state index contributed by atoms with van der Waals surface area (Å²) in [6.07, 6.45) is -0.780. The van der Waals surface area contributed by atoms with Crippen LogP contribution in [0.5, 0.6) is 5.75 Å². The minimum atomic E-state index is -0.780. The Morgan fingerprint density at radius 1 is 1.08 bits per heavy atom. The summed E-state index contributed by atoms with van der Waals surface area (Å²) >= 11 is 0. The van der Waals surface area contributed by atoms with Gasteiger partial charge in [-0.1, -0.05) is 18.2 Å². The van der Waals surface area contributed by atoms with Crippen LogP contribution >= 0.6 is 0 Å². The molecule has 3 aromatic rings. The molecular weight excluding hydrogens is 322 g/mol. The number of ether oxygens (including phenoxy) is 1. The highest BCUT2D eigenvalue weighted by atomic mass is 16.5. The molecule has 7 heteroatoms. The van der Waals surface area contributed by atoms with Crippen LogP contribution in [0.25, 0.3) is 10.8 Å². The number of anilines is 1. The van der Waals surface area contributed by atoms with Crippen molar-refractivity contribution in [3.63, 3.8) is 0 Å². The molecule has 3 rings (SSSR count). The number of fused-ring (bicyclic) bond motifs is 1. The van der Waals surface area contributed by atoms with E-state index in [-0.39, 0.29) is 16.5 Å². The molecule has 1 amide bonds. The van der Waals surface area contributed by atoms with Crippen molar-refractivity contribution in [2.24, 2.45) is 0 Å². The Morgan fingerprint density at radius 3 is 2.56 bits per heavy atom. The summed E-state index contributed by atoms with van der Waals surface area (Å²) in [7, 11) is 0. The molecule has 0 saturated carbocycles. The van der Waals surface area contributed by atoms with Crippen molar-refractivity contribution in [1.82, 2.24) is 10.2 Å². The predicted octanol–water partition coefficient (Wildman–Crippen LogP) is 1.93. The second-order valence-corrected chi connectivity index (χ2v) is 5.70. The van der Waals surface area contributed by atoms with E-state index in [4.69, 9.17) is 4.74 Å². The third-order valence-corrected chi connectivity index (χ3v) is 3.76. The Bertz CT molecular complexity index is 1050. The van der Waals surface area contributed by atoms with Gasteiger partial charge in [-0.2, -0.15) is 0 Å². The van der Waals surface area contributed by atoms with E-state index in [1.165, 1.54) is 6.07 Å². The largest absolute Gasteiger partial charge is 0.481 e. The third-order valence-electron chi connectivity index (χ3n) is 3.76. The average Bonchev–Trinajstić information content (AvgIpc) is 2.58. The highest BCUT2D eigenvalue weighted by Crippen LogP contribution is 2.18. The number of H-pyrrole nitrogens is 2. The van der Waals surface area contributed by atoms with Gasteiger partial charge in [0.15, 0.2) is 6.10 Å². The summed E-state index contributed by atoms with van der Waals surface area (Å²) in [4.78, 5) is 36.2. The van der Waals surface area contributed by atoms with Crippen LogP contribution in [0.15, 0.2) is 52.1 Å². The Morgan fingerprint density at radius 2 is 1.80 bits per heavy atom. The zero-order valence-electron chi connectivity index (χ0n) is 13.8. The Hall–Kier alpha value is -3.35. The number of carbonyl (C=O) groups excluding carboxylic acids is 1. The van der Waals surface area contributed by atoms with E-state index in [1.807, 2.05) is 25.1 Å². The molecular formula is C18H17N3O4. The first-order valence-corrected chi connectivity index (χ1v) is 7.73. The van der Waals surface area contributed by atoms with Crippen LogP contribution in [0, 0.1) is 6.92 Å². The monoisotopic (exact) mass is 339 g/mol. The van der Waals surface area contributed by atoms with E-state index in [2.05, 4.69) is 15.5 Å². The second-order valence-electron chi connectivity index (χ2n) is 5.70. The fourth-order valence-electron chi connectivity index (χ4n) is 2.51. The van der Waals surface area contributed by atoms with Crippen LogP contribution in [0.3, 0.4) is 0 Å². The minimum Gasteiger partial charge on any atom is -0.481 e. The van der Waals surface area contributed by atoms with E-state index in [1.54, 1.807) is 25.1 Å². The molecule has 0 aliphatic heterocycles. The van der Waals surface area contributed by atoms with E-state index < -0.39 is 23.1 Å². The molecule has 128 valence electrons. The molecule has 0 spiro atoms. The minimum absolute atomic E-state index is 0.127. The van der Waals surface area contributed by atoms with Gasteiger partial charge in [-0.05, 0) is 43.7 Å². The average molecular weight is 339 g/mol. The van der Waals surface area contributed by atoms with Crippen LogP contribution in [-0.2, 0) is 4.79 Å². The van der Waals surface area contributed by atoms with Crippen molar-refractivity contribution in [1.29, 1.82) is 0 Å². The quantitative estimate of drug-likeness (QED) is 0.675. The van der Waals surface area contributed by atoms with Crippen molar-refractivity contribution >= 4 is 22.4 Å². The first-order chi connectivity index (χ1) is 12.0. The van der Waals surface area contributed by atoms with Gasteiger partial charge < -0.3 is 10.1 Å². The van der Waals surface area contributed by atoms with Gasteiger partial charge in [0.1, 0.15) is 5.75 Å². The molecule has 7 nitrogen and oxygen atoms in total. The molecule has 25 heavy (non-hydrogen) atoms. The van der Waals surface area contributed by atoms with E-state index in [0.717, 1.165) is 5.56 Å². The number of aromatic amines is 2. The fraction of sp³-hybridized carbons (Fsp3) is 0.167. The molecule has 0 aliphatic rings. The number of hydrogen-bond acceptors (Lipinski definition) is 4. The molecule has 0 unspecified atom stereocenters. The van der Waals surface area contributed by atoms with Crippen molar-refractivity contribution in [2.45, 2.75) is 20.0 Å². The number of nitrogens with one attached hydrogen (secondary N) is 3. The Kier molecular flexibility index (Phi) is 4.38. The smallest absolute Gasteiger partial charge is 0.272 e. The van der Waals surface area contributed by atoms with Gasteiger partial charge in [-0.25, -0.2) is 0 Å². The number of rotatable bonds is 4. The molecule has 1 atom stereocenters. The molecule has 0 bridgehead atoms. The van der Waals surface area contributed by atoms with Crippen molar-refractivity contribution < 1.29 is 9.53 Å². The van der Waals surface area contributed by atoms with Gasteiger partial charge in [0.2, 0.25) is 0 Å². The van der Waals surface area contributed by atoms with Gasteiger partial charge >= 0.3 is 0 Å². The summed E-state index contributed by atoms with van der Waals surface area (Å²) in [6, 6.07) is 12.0. The number of aromatic nitrogens is 2. The maximum Gasteiger partial charge on any atom is 0.272 e. The van der Waals surface area contributed by atoms with E-state index in [0.29, 0.717) is 5.75 Å². The second kappa shape index (κ2) is 6.64. The summed E-state index contributed by atoms with van der Waals surface area (Å²) < 4.78 is 5.63. The maximum atomic E-state index is 12.4. The van der Waals surface area contributed by atoms with Crippen LogP contribution in [0.4, 0.5) is 5.69 Å². The first-order valence-electron chi connectivity index (χ1n) is 7.73. The van der Waals surface area contributed by atoms with E-state index >= 15 is 0 Å². The topological polar surface area (TPSA) is 104 Å². The van der Waals surface area contributed by atoms with Crippen molar-refractivity contribution in [3.8, 4) is 5.75 Å². The Balaban J connectivity index is 1.86. The molecule has 3 N–H and O–H groups in total. The molecule has 2 aromatic carbocycles. The lowest BCUT2D eigenvalue weighted by atomic mass is 10.1. The molecule has 0 fully saturated rings. The van der Waals surface area contributed by atoms with Crippen LogP contribution < -0.4 is 21.2 Å². The highest BCUT2D eigenvalue weighted by molar-refractivity contribution is 6.02. The molecule has 1 aromatic heterocycles. The predicted molar refractivity (Wildman–Crippen MR) is 95.1 cm³/mol. The number of hydrogen-bond donors (Lipinski definition) is 3. The van der Waals surface area contributed by atoms with Crippen LogP contribution in [-0.4, -0.2) is 22.2 Å². The van der Waals surface area contributed by atoms with E-state index in [9.17, 15) is 14.4 Å². The number of carbonyl (C=O) groups is 1. The van der Waals surface area contributed by atoms with Gasteiger partial charge in [-0.3, -0.25) is 24.6 Å². The molecule has 0 aliphatic carbocycles. The van der Waals surface area contributed by atoms with Crippen LogP contribution in [0.1, 0.15) is 12.5 Å². The lowest BCUT2D eigenvalue weighted by molar-refractivity contribution is -0.122. The standard InChI is InChI=1S/C18H17N3O4/c1-10-5-3-6-12(9-10)25-11(2)16(22)19-14-8-4-7-13-15(14)18(24)21-20-17(13)23/h3-9,11H,1-2H3,(H,19,22)(H,20,23)(H,21,24)/t11-/m1/s1. The van der Waals surface area contributed by atoms with Crippen molar-refractivity contribution in [3.05, 3.63) is 68.7 Å². The normalized spacial score (nSPS) is 11.9. The summed E-state index contributed by atoms with van der Waals surface area (Å²) in [5, 5.41) is 7.49. The van der Waals surface area contributed by atoms with Crippen molar-refractivity contribution in [2.75, 3.05) is 5.32 Å². The summed E-state index contributed by atoms with van der Waals surface area (Å²) in [6.45, 7) is 3.54. The third kappa shape index (κ3) is 3.45. The van der Waals surface area contributed by atoms with Gasteiger partial charge in [0.25, 0.3) is 17.0 Å². The number of aryl methyl sites for hydroxylation is 1. The SMILES string of the molecule is Cc1cccc(O[C@H](C)C(=O)Nc2cccc3c(=O)[nH][nH]c(=O)c23)c1. The van der Waals surface area contributed by atoms with Gasteiger partial charge in [0.05, 0.1) is 16.5 Å². The molecule has 0 radical (unpaired) electrons. The van der Waals surface area contributed by atoms with Gasteiger partial charge in [0, 0.05) is 0 Å². The first kappa shape index (κ1) is 16.5. The fourth-order valence-corrected chi connectivity index (χ4v) is 2.51. The highest BCUT2D eigenvalue weighted by Gasteiger charge is 2.17. The zero-order chi connectivity index (χ0) is 18.0. The lowest BCUT2D eigenvalue weighted by Crippen LogP contribution is -2.31. The maximum absolute atomic E-state index is 12.4. The molecule has 1 heterocycles. The number of benzene rings is 2.